The Bertz CT molecular complexity index is 553. The van der Waals surface area contributed by atoms with Gasteiger partial charge in [-0.1, -0.05) is 31.4 Å². The molecule has 0 unspecified atom stereocenters. The first kappa shape index (κ1) is 16.0. The molecule has 0 atom stereocenters. The Morgan fingerprint density at radius 1 is 0.913 bits per heavy atom. The first-order chi connectivity index (χ1) is 11.1. The van der Waals surface area contributed by atoms with E-state index in [0.717, 1.165) is 5.56 Å². The molecule has 0 radical (unpaired) electrons. The van der Waals surface area contributed by atoms with Gasteiger partial charge in [-0.25, -0.2) is 0 Å². The Balaban J connectivity index is 1.60. The summed E-state index contributed by atoms with van der Waals surface area (Å²) < 4.78 is 0. The van der Waals surface area contributed by atoms with Gasteiger partial charge in [0.1, 0.15) is 0 Å². The number of nitrogens with zero attached hydrogens (tertiary/aromatic N) is 1. The number of benzene rings is 1. The van der Waals surface area contributed by atoms with Crippen molar-refractivity contribution in [3.8, 4) is 0 Å². The van der Waals surface area contributed by atoms with E-state index in [-0.39, 0.29) is 17.7 Å². The van der Waals surface area contributed by atoms with Crippen LogP contribution in [0.2, 0.25) is 0 Å². The van der Waals surface area contributed by atoms with Gasteiger partial charge in [0.05, 0.1) is 0 Å². The van der Waals surface area contributed by atoms with Crippen molar-refractivity contribution in [3.05, 3.63) is 35.4 Å². The maximum Gasteiger partial charge on any atom is 0.253 e. The van der Waals surface area contributed by atoms with Crippen molar-refractivity contribution in [2.24, 2.45) is 11.7 Å². The molecule has 4 nitrogen and oxygen atoms in total. The fourth-order valence-electron chi connectivity index (χ4n) is 3.88. The Labute approximate surface area is 138 Å². The van der Waals surface area contributed by atoms with Gasteiger partial charge in [-0.2, -0.15) is 0 Å². The largest absolute Gasteiger partial charge is 0.369 e. The maximum atomic E-state index is 12.6. The van der Waals surface area contributed by atoms with E-state index in [0.29, 0.717) is 31.8 Å². The van der Waals surface area contributed by atoms with E-state index in [1.54, 1.807) is 0 Å². The summed E-state index contributed by atoms with van der Waals surface area (Å²) in [6, 6.07) is 8.18. The van der Waals surface area contributed by atoms with E-state index < -0.39 is 0 Å². The zero-order chi connectivity index (χ0) is 16.2. The molecule has 1 aliphatic heterocycles. The van der Waals surface area contributed by atoms with Crippen molar-refractivity contribution in [2.75, 3.05) is 13.1 Å². The van der Waals surface area contributed by atoms with Crippen LogP contribution in [0.25, 0.3) is 0 Å². The molecule has 3 rings (SSSR count). The minimum atomic E-state index is -0.242. The lowest BCUT2D eigenvalue weighted by molar-refractivity contribution is -0.123. The van der Waals surface area contributed by atoms with Crippen molar-refractivity contribution < 1.29 is 9.59 Å². The first-order valence-electron chi connectivity index (χ1n) is 8.83. The highest BCUT2D eigenvalue weighted by molar-refractivity contribution is 5.94. The summed E-state index contributed by atoms with van der Waals surface area (Å²) in [7, 11) is 0. The second kappa shape index (κ2) is 7.16. The number of primary amides is 1. The monoisotopic (exact) mass is 314 g/mol. The van der Waals surface area contributed by atoms with Gasteiger partial charge >= 0.3 is 0 Å². The van der Waals surface area contributed by atoms with Crippen LogP contribution in [0.3, 0.4) is 0 Å². The van der Waals surface area contributed by atoms with Gasteiger partial charge in [-0.3, -0.25) is 9.59 Å². The Hall–Kier alpha value is -1.84. The van der Waals surface area contributed by atoms with Gasteiger partial charge in [0.2, 0.25) is 5.91 Å². The molecule has 0 aromatic heterocycles. The van der Waals surface area contributed by atoms with Crippen LogP contribution in [0.1, 0.15) is 66.8 Å². The van der Waals surface area contributed by atoms with E-state index >= 15 is 0 Å². The average Bonchev–Trinajstić information content (AvgIpc) is 2.62. The third kappa shape index (κ3) is 3.74. The predicted octanol–water partition coefficient (Wildman–Crippen LogP) is 3.07. The number of nitrogens with two attached hydrogens (primary N) is 1. The summed E-state index contributed by atoms with van der Waals surface area (Å²) in [5.74, 6) is 0.420. The molecule has 2 N–H and O–H groups in total. The molecule has 1 aliphatic carbocycles. The molecule has 2 fully saturated rings. The molecule has 1 saturated heterocycles. The van der Waals surface area contributed by atoms with E-state index in [1.807, 2.05) is 17.0 Å². The zero-order valence-corrected chi connectivity index (χ0v) is 13.7. The molecule has 124 valence electrons. The quantitative estimate of drug-likeness (QED) is 0.932. The molecular weight excluding hydrogens is 288 g/mol. The molecular formula is C19H26N2O2. The van der Waals surface area contributed by atoms with Crippen LogP contribution in [0, 0.1) is 5.92 Å². The summed E-state index contributed by atoms with van der Waals surface area (Å²) in [4.78, 5) is 25.6. The Kier molecular flexibility index (Phi) is 4.99. The second-order valence-corrected chi connectivity index (χ2v) is 6.93. The molecule has 1 aromatic rings. The summed E-state index contributed by atoms with van der Waals surface area (Å²) in [6.45, 7) is 1.24. The number of piperidine rings is 1. The highest BCUT2D eigenvalue weighted by Gasteiger charge is 2.26. The van der Waals surface area contributed by atoms with E-state index in [4.69, 9.17) is 5.73 Å². The summed E-state index contributed by atoms with van der Waals surface area (Å²) in [5, 5.41) is 0. The van der Waals surface area contributed by atoms with Crippen molar-refractivity contribution in [1.29, 1.82) is 0 Å². The topological polar surface area (TPSA) is 63.4 Å². The highest BCUT2D eigenvalue weighted by atomic mass is 16.2. The summed E-state index contributed by atoms with van der Waals surface area (Å²) in [5.41, 5.74) is 7.47. The summed E-state index contributed by atoms with van der Waals surface area (Å²) >= 11 is 0. The van der Waals surface area contributed by atoms with Crippen LogP contribution >= 0.6 is 0 Å². The normalized spacial score (nSPS) is 20.4. The number of likely N-dealkylation sites (tertiary alicyclic amines) is 1. The fourth-order valence-corrected chi connectivity index (χ4v) is 3.88. The van der Waals surface area contributed by atoms with Gasteiger partial charge in [0.25, 0.3) is 5.91 Å². The van der Waals surface area contributed by atoms with Gasteiger partial charge < -0.3 is 10.6 Å². The highest BCUT2D eigenvalue weighted by Crippen LogP contribution is 2.32. The minimum absolute atomic E-state index is 0.0723. The van der Waals surface area contributed by atoms with E-state index in [1.165, 1.54) is 37.7 Å². The van der Waals surface area contributed by atoms with Gasteiger partial charge in [0, 0.05) is 24.6 Å². The number of hydrogen-bond acceptors (Lipinski definition) is 2. The number of amides is 2. The van der Waals surface area contributed by atoms with Crippen LogP contribution in [0.15, 0.2) is 24.3 Å². The number of hydrogen-bond donors (Lipinski definition) is 1. The minimum Gasteiger partial charge on any atom is -0.369 e. The molecule has 2 aliphatic rings. The van der Waals surface area contributed by atoms with Gasteiger partial charge in [0.15, 0.2) is 0 Å². The number of rotatable bonds is 3. The van der Waals surface area contributed by atoms with Crippen LogP contribution in [-0.4, -0.2) is 29.8 Å². The van der Waals surface area contributed by atoms with Crippen LogP contribution < -0.4 is 5.73 Å². The predicted molar refractivity (Wildman–Crippen MR) is 90.1 cm³/mol. The Morgan fingerprint density at radius 2 is 1.52 bits per heavy atom. The van der Waals surface area contributed by atoms with Gasteiger partial charge in [-0.05, 0) is 49.3 Å². The smallest absolute Gasteiger partial charge is 0.253 e. The van der Waals surface area contributed by atoms with Crippen LogP contribution in [0.4, 0.5) is 0 Å². The van der Waals surface area contributed by atoms with E-state index in [9.17, 15) is 9.59 Å². The van der Waals surface area contributed by atoms with Crippen molar-refractivity contribution in [1.82, 2.24) is 4.90 Å². The first-order valence-corrected chi connectivity index (χ1v) is 8.83. The van der Waals surface area contributed by atoms with Crippen molar-refractivity contribution in [3.63, 3.8) is 0 Å². The average molecular weight is 314 g/mol. The standard InChI is InChI=1S/C19H26N2O2/c20-18(22)16-10-12-21(13-11-16)19(23)17-8-6-15(7-9-17)14-4-2-1-3-5-14/h6-9,14,16H,1-5,10-13H2,(H2,20,22). The molecule has 0 bridgehead atoms. The lowest BCUT2D eigenvalue weighted by atomic mass is 9.84. The van der Waals surface area contributed by atoms with Crippen LogP contribution in [0.5, 0.6) is 0 Å². The molecule has 1 heterocycles. The van der Waals surface area contributed by atoms with Crippen molar-refractivity contribution in [2.45, 2.75) is 50.9 Å². The SMILES string of the molecule is NC(=O)C1CCN(C(=O)c2ccc(C3CCCCC3)cc2)CC1. The van der Waals surface area contributed by atoms with Gasteiger partial charge in [-0.15, -0.1) is 0 Å². The Morgan fingerprint density at radius 3 is 2.09 bits per heavy atom. The lowest BCUT2D eigenvalue weighted by Crippen LogP contribution is -2.41. The molecule has 1 saturated carbocycles. The van der Waals surface area contributed by atoms with Crippen molar-refractivity contribution >= 4 is 11.8 Å². The second-order valence-electron chi connectivity index (χ2n) is 6.93. The molecule has 1 aromatic carbocycles. The number of carbonyl (C=O) groups is 2. The summed E-state index contributed by atoms with van der Waals surface area (Å²) in [6.07, 6.45) is 7.90. The molecule has 4 heteroatoms. The maximum absolute atomic E-state index is 12.6. The lowest BCUT2D eigenvalue weighted by Gasteiger charge is -2.30. The zero-order valence-electron chi connectivity index (χ0n) is 13.7. The van der Waals surface area contributed by atoms with Crippen LogP contribution in [-0.2, 0) is 4.79 Å². The molecule has 0 spiro atoms. The molecule has 23 heavy (non-hydrogen) atoms. The third-order valence-corrected chi connectivity index (χ3v) is 5.42. The van der Waals surface area contributed by atoms with E-state index in [2.05, 4.69) is 12.1 Å². The third-order valence-electron chi connectivity index (χ3n) is 5.42. The fraction of sp³-hybridized carbons (Fsp3) is 0.579. The molecule has 2 amide bonds. The number of carbonyl (C=O) groups excluding carboxylic acids is 2.